The van der Waals surface area contributed by atoms with Gasteiger partial charge in [-0.15, -0.1) is 0 Å². The van der Waals surface area contributed by atoms with Gasteiger partial charge < -0.3 is 24.1 Å². The molecule has 1 N–H and O–H groups in total. The van der Waals surface area contributed by atoms with Gasteiger partial charge in [-0.2, -0.15) is 0 Å². The molecule has 1 fully saturated rings. The van der Waals surface area contributed by atoms with Crippen molar-refractivity contribution in [3.05, 3.63) is 0 Å². The van der Waals surface area contributed by atoms with Crippen LogP contribution >= 0.6 is 0 Å². The van der Waals surface area contributed by atoms with Crippen LogP contribution in [0.4, 0.5) is 0 Å². The van der Waals surface area contributed by atoms with Crippen LogP contribution in [-0.4, -0.2) is 56.1 Å². The summed E-state index contributed by atoms with van der Waals surface area (Å²) < 4.78 is 23.0. The quantitative estimate of drug-likeness (QED) is 0.529. The van der Waals surface area contributed by atoms with Crippen molar-refractivity contribution in [2.24, 2.45) is 0 Å². The molecule has 0 aromatic heterocycles. The predicted molar refractivity (Wildman–Crippen MR) is 85.9 cm³/mol. The van der Waals surface area contributed by atoms with Crippen molar-refractivity contribution in [1.82, 2.24) is 0 Å². The van der Waals surface area contributed by atoms with E-state index in [1.54, 1.807) is 0 Å². The molecular formula is C17H34O5. The number of aliphatic hydroxyl groups is 1. The van der Waals surface area contributed by atoms with E-state index in [9.17, 15) is 5.11 Å². The van der Waals surface area contributed by atoms with Crippen LogP contribution in [0.3, 0.4) is 0 Å². The monoisotopic (exact) mass is 318 g/mol. The van der Waals surface area contributed by atoms with E-state index in [1.807, 2.05) is 0 Å². The van der Waals surface area contributed by atoms with Crippen LogP contribution in [-0.2, 0) is 18.9 Å². The normalized spacial score (nSPS) is 28.4. The SMILES string of the molecule is CCCCOC[C@H]1O[C@@H](O)C(OCCCC)[C@H]1OCCCC. The summed E-state index contributed by atoms with van der Waals surface area (Å²) >= 11 is 0. The van der Waals surface area contributed by atoms with E-state index in [0.29, 0.717) is 19.8 Å². The number of rotatable bonds is 13. The van der Waals surface area contributed by atoms with E-state index < -0.39 is 12.4 Å². The summed E-state index contributed by atoms with van der Waals surface area (Å²) in [6, 6.07) is 0. The van der Waals surface area contributed by atoms with Gasteiger partial charge in [0.15, 0.2) is 6.29 Å². The average Bonchev–Trinajstić information content (AvgIpc) is 2.80. The number of ether oxygens (including phenoxy) is 4. The lowest BCUT2D eigenvalue weighted by molar-refractivity contribution is -0.150. The van der Waals surface area contributed by atoms with Crippen molar-refractivity contribution in [3.63, 3.8) is 0 Å². The van der Waals surface area contributed by atoms with Gasteiger partial charge >= 0.3 is 0 Å². The van der Waals surface area contributed by atoms with E-state index in [4.69, 9.17) is 18.9 Å². The molecule has 132 valence electrons. The van der Waals surface area contributed by atoms with Gasteiger partial charge in [-0.25, -0.2) is 0 Å². The summed E-state index contributed by atoms with van der Waals surface area (Å²) in [5.41, 5.74) is 0. The summed E-state index contributed by atoms with van der Waals surface area (Å²) in [6.07, 6.45) is 4.41. The number of hydrogen-bond acceptors (Lipinski definition) is 5. The minimum absolute atomic E-state index is 0.250. The van der Waals surface area contributed by atoms with Crippen molar-refractivity contribution >= 4 is 0 Å². The van der Waals surface area contributed by atoms with Gasteiger partial charge in [0.05, 0.1) is 6.61 Å². The lowest BCUT2D eigenvalue weighted by atomic mass is 10.1. The number of unbranched alkanes of at least 4 members (excludes halogenated alkanes) is 3. The van der Waals surface area contributed by atoms with Crippen LogP contribution in [0.5, 0.6) is 0 Å². The van der Waals surface area contributed by atoms with Gasteiger partial charge in [0.1, 0.15) is 18.3 Å². The van der Waals surface area contributed by atoms with Gasteiger partial charge in [-0.1, -0.05) is 40.0 Å². The molecule has 0 spiro atoms. The van der Waals surface area contributed by atoms with Crippen molar-refractivity contribution in [1.29, 1.82) is 0 Å². The Hall–Kier alpha value is -0.200. The second-order valence-corrected chi connectivity index (χ2v) is 5.87. The zero-order chi connectivity index (χ0) is 16.2. The van der Waals surface area contributed by atoms with Crippen LogP contribution in [0, 0.1) is 0 Å². The standard InChI is InChI=1S/C17H34O5/c1-4-7-10-19-13-14-15(20-11-8-5-2)16(17(18)22-14)21-12-9-6-3/h14-18H,4-13H2,1-3H3/t14-,15+,16?,17-/m1/s1. The van der Waals surface area contributed by atoms with E-state index in [2.05, 4.69) is 20.8 Å². The van der Waals surface area contributed by atoms with Gasteiger partial charge in [0.25, 0.3) is 0 Å². The van der Waals surface area contributed by atoms with E-state index in [1.165, 1.54) is 0 Å². The van der Waals surface area contributed by atoms with Gasteiger partial charge in [-0.3, -0.25) is 0 Å². The summed E-state index contributed by atoms with van der Waals surface area (Å²) in [5, 5.41) is 10.1. The van der Waals surface area contributed by atoms with Crippen LogP contribution in [0.2, 0.25) is 0 Å². The maximum absolute atomic E-state index is 10.1. The Balaban J connectivity index is 2.48. The number of hydrogen-bond donors (Lipinski definition) is 1. The fourth-order valence-electron chi connectivity index (χ4n) is 2.39. The predicted octanol–water partition coefficient (Wildman–Crippen LogP) is 2.89. The molecule has 0 amide bonds. The first-order valence-electron chi connectivity index (χ1n) is 8.89. The molecule has 0 aromatic carbocycles. The summed E-state index contributed by atoms with van der Waals surface area (Å²) in [4.78, 5) is 0. The summed E-state index contributed by atoms with van der Waals surface area (Å²) in [7, 11) is 0. The Kier molecular flexibility index (Phi) is 11.1. The topological polar surface area (TPSA) is 57.2 Å². The third-order valence-electron chi connectivity index (χ3n) is 3.83. The third kappa shape index (κ3) is 6.92. The second-order valence-electron chi connectivity index (χ2n) is 5.87. The fraction of sp³-hybridized carbons (Fsp3) is 1.00. The Morgan fingerprint density at radius 2 is 1.36 bits per heavy atom. The molecule has 0 aliphatic carbocycles. The Morgan fingerprint density at radius 1 is 0.818 bits per heavy atom. The third-order valence-corrected chi connectivity index (χ3v) is 3.83. The highest BCUT2D eigenvalue weighted by Crippen LogP contribution is 2.26. The number of aliphatic hydroxyl groups excluding tert-OH is 1. The molecule has 0 saturated carbocycles. The van der Waals surface area contributed by atoms with E-state index >= 15 is 0 Å². The minimum atomic E-state index is -0.928. The molecule has 1 saturated heterocycles. The molecule has 22 heavy (non-hydrogen) atoms. The lowest BCUT2D eigenvalue weighted by Gasteiger charge is -2.23. The van der Waals surface area contributed by atoms with Crippen molar-refractivity contribution in [3.8, 4) is 0 Å². The minimum Gasteiger partial charge on any atom is -0.379 e. The molecule has 1 heterocycles. The van der Waals surface area contributed by atoms with Gasteiger partial charge in [0.2, 0.25) is 0 Å². The average molecular weight is 318 g/mol. The van der Waals surface area contributed by atoms with Crippen LogP contribution < -0.4 is 0 Å². The second kappa shape index (κ2) is 12.3. The Labute approximate surface area is 135 Å². The first kappa shape index (κ1) is 19.8. The molecule has 0 radical (unpaired) electrons. The van der Waals surface area contributed by atoms with E-state index in [-0.39, 0.29) is 12.2 Å². The molecule has 0 aromatic rings. The zero-order valence-electron chi connectivity index (χ0n) is 14.5. The summed E-state index contributed by atoms with van der Waals surface area (Å²) in [6.45, 7) is 8.83. The first-order valence-corrected chi connectivity index (χ1v) is 8.89. The van der Waals surface area contributed by atoms with Crippen LogP contribution in [0.1, 0.15) is 59.3 Å². The maximum Gasteiger partial charge on any atom is 0.184 e. The molecule has 5 heteroatoms. The van der Waals surface area contributed by atoms with Crippen LogP contribution in [0.15, 0.2) is 0 Å². The Bertz CT molecular complexity index is 261. The maximum atomic E-state index is 10.1. The Morgan fingerprint density at radius 3 is 1.95 bits per heavy atom. The lowest BCUT2D eigenvalue weighted by Crippen LogP contribution is -2.39. The molecule has 0 bridgehead atoms. The fourth-order valence-corrected chi connectivity index (χ4v) is 2.39. The zero-order valence-corrected chi connectivity index (χ0v) is 14.5. The van der Waals surface area contributed by atoms with Gasteiger partial charge in [-0.05, 0) is 19.3 Å². The highest BCUT2D eigenvalue weighted by molar-refractivity contribution is 4.89. The molecule has 1 aliphatic rings. The van der Waals surface area contributed by atoms with Gasteiger partial charge in [0, 0.05) is 19.8 Å². The van der Waals surface area contributed by atoms with Crippen molar-refractivity contribution in [2.75, 3.05) is 26.4 Å². The molecule has 1 rings (SSSR count). The smallest absolute Gasteiger partial charge is 0.184 e. The van der Waals surface area contributed by atoms with Crippen LogP contribution in [0.25, 0.3) is 0 Å². The largest absolute Gasteiger partial charge is 0.379 e. The van der Waals surface area contributed by atoms with Crippen molar-refractivity contribution in [2.45, 2.75) is 83.9 Å². The highest BCUT2D eigenvalue weighted by Gasteiger charge is 2.45. The molecular weight excluding hydrogens is 284 g/mol. The van der Waals surface area contributed by atoms with E-state index in [0.717, 1.165) is 45.1 Å². The first-order chi connectivity index (χ1) is 10.7. The highest BCUT2D eigenvalue weighted by atomic mass is 16.7. The molecule has 4 atom stereocenters. The molecule has 1 unspecified atom stereocenters. The summed E-state index contributed by atoms with van der Waals surface area (Å²) in [5.74, 6) is 0. The molecule has 1 aliphatic heterocycles. The molecule has 5 nitrogen and oxygen atoms in total. The van der Waals surface area contributed by atoms with Crippen molar-refractivity contribution < 1.29 is 24.1 Å².